The summed E-state index contributed by atoms with van der Waals surface area (Å²) >= 11 is 0. The van der Waals surface area contributed by atoms with Crippen molar-refractivity contribution in [1.29, 1.82) is 0 Å². The van der Waals surface area contributed by atoms with Crippen molar-refractivity contribution in [2.45, 2.75) is 13.3 Å². The number of hydrogen-bond acceptors (Lipinski definition) is 4. The highest BCUT2D eigenvalue weighted by atomic mass is 16.5. The van der Waals surface area contributed by atoms with Crippen LogP contribution in [0.3, 0.4) is 0 Å². The van der Waals surface area contributed by atoms with Gasteiger partial charge in [-0.15, -0.1) is 10.2 Å². The standard InChI is InChI=1S/C17H15N3O2/c1-3-12-8-5-6-10-14(12)20-18-13-9-7-11-15(17(13)19-20)22-16(21)4-2/h4-11H,2-3H2,1H3. The van der Waals surface area contributed by atoms with Gasteiger partial charge in [-0.05, 0) is 30.2 Å². The Morgan fingerprint density at radius 3 is 2.82 bits per heavy atom. The van der Waals surface area contributed by atoms with Gasteiger partial charge in [0, 0.05) is 6.08 Å². The number of para-hydroxylation sites is 1. The minimum Gasteiger partial charge on any atom is -0.421 e. The second-order valence-electron chi connectivity index (χ2n) is 4.72. The zero-order chi connectivity index (χ0) is 15.5. The molecule has 3 aromatic rings. The van der Waals surface area contributed by atoms with Crippen LogP contribution in [0.2, 0.25) is 0 Å². The van der Waals surface area contributed by atoms with Crippen molar-refractivity contribution in [3.8, 4) is 11.4 Å². The van der Waals surface area contributed by atoms with Crippen molar-refractivity contribution in [1.82, 2.24) is 15.0 Å². The van der Waals surface area contributed by atoms with Crippen LogP contribution in [0.1, 0.15) is 12.5 Å². The number of rotatable bonds is 4. The number of carbonyl (C=O) groups is 1. The summed E-state index contributed by atoms with van der Waals surface area (Å²) in [6, 6.07) is 13.2. The average Bonchev–Trinajstić information content (AvgIpc) is 2.99. The maximum Gasteiger partial charge on any atom is 0.335 e. The highest BCUT2D eigenvalue weighted by molar-refractivity contribution is 5.88. The number of hydrogen-bond donors (Lipinski definition) is 0. The summed E-state index contributed by atoms with van der Waals surface area (Å²) in [4.78, 5) is 13.0. The number of nitrogens with zero attached hydrogens (tertiary/aromatic N) is 3. The van der Waals surface area contributed by atoms with Crippen molar-refractivity contribution in [3.63, 3.8) is 0 Å². The van der Waals surface area contributed by atoms with Crippen LogP contribution in [0.5, 0.6) is 5.75 Å². The molecular weight excluding hydrogens is 278 g/mol. The number of benzene rings is 2. The molecule has 3 rings (SSSR count). The van der Waals surface area contributed by atoms with E-state index in [0.717, 1.165) is 23.7 Å². The van der Waals surface area contributed by atoms with Crippen LogP contribution in [0.15, 0.2) is 55.1 Å². The van der Waals surface area contributed by atoms with Crippen LogP contribution in [-0.2, 0) is 11.2 Å². The lowest BCUT2D eigenvalue weighted by molar-refractivity contribution is -0.128. The molecule has 0 fully saturated rings. The van der Waals surface area contributed by atoms with Crippen molar-refractivity contribution in [3.05, 3.63) is 60.7 Å². The SMILES string of the molecule is C=CC(=O)Oc1cccc2nn(-c3ccccc3CC)nc12. The number of fused-ring (bicyclic) bond motifs is 1. The Labute approximate surface area is 127 Å². The normalized spacial score (nSPS) is 10.6. The van der Waals surface area contributed by atoms with Crippen molar-refractivity contribution >= 4 is 17.0 Å². The number of ether oxygens (including phenoxy) is 1. The zero-order valence-electron chi connectivity index (χ0n) is 12.2. The topological polar surface area (TPSA) is 57.0 Å². The smallest absolute Gasteiger partial charge is 0.335 e. The van der Waals surface area contributed by atoms with E-state index >= 15 is 0 Å². The van der Waals surface area contributed by atoms with Gasteiger partial charge in [-0.2, -0.15) is 4.80 Å². The second-order valence-corrected chi connectivity index (χ2v) is 4.72. The molecule has 0 aliphatic carbocycles. The lowest BCUT2D eigenvalue weighted by atomic mass is 10.1. The molecule has 0 atom stereocenters. The van der Waals surface area contributed by atoms with Crippen molar-refractivity contribution < 1.29 is 9.53 Å². The third-order valence-electron chi connectivity index (χ3n) is 3.34. The van der Waals surface area contributed by atoms with Crippen LogP contribution >= 0.6 is 0 Å². The van der Waals surface area contributed by atoms with Crippen LogP contribution in [-0.4, -0.2) is 21.0 Å². The molecule has 1 heterocycles. The molecule has 0 unspecified atom stereocenters. The van der Waals surface area contributed by atoms with Gasteiger partial charge in [0.1, 0.15) is 5.52 Å². The first-order valence-corrected chi connectivity index (χ1v) is 7.01. The van der Waals surface area contributed by atoms with Crippen molar-refractivity contribution in [2.24, 2.45) is 0 Å². The molecule has 0 bridgehead atoms. The van der Waals surface area contributed by atoms with E-state index in [1.54, 1.807) is 16.9 Å². The first-order valence-electron chi connectivity index (χ1n) is 7.01. The van der Waals surface area contributed by atoms with E-state index in [4.69, 9.17) is 4.74 Å². The fourth-order valence-corrected chi connectivity index (χ4v) is 2.26. The molecule has 0 aliphatic rings. The number of aromatic nitrogens is 3. The molecule has 1 aromatic heterocycles. The highest BCUT2D eigenvalue weighted by Crippen LogP contribution is 2.24. The Kier molecular flexibility index (Phi) is 3.70. The molecule has 22 heavy (non-hydrogen) atoms. The van der Waals surface area contributed by atoms with E-state index in [1.807, 2.05) is 30.3 Å². The van der Waals surface area contributed by atoms with Gasteiger partial charge in [-0.1, -0.05) is 37.8 Å². The van der Waals surface area contributed by atoms with Gasteiger partial charge < -0.3 is 4.74 Å². The van der Waals surface area contributed by atoms with Gasteiger partial charge in [-0.25, -0.2) is 4.79 Å². The minimum absolute atomic E-state index is 0.377. The minimum atomic E-state index is -0.518. The Morgan fingerprint density at radius 2 is 2.05 bits per heavy atom. The number of aryl methyl sites for hydroxylation is 1. The van der Waals surface area contributed by atoms with Gasteiger partial charge in [0.25, 0.3) is 0 Å². The second kappa shape index (κ2) is 5.81. The number of carbonyl (C=O) groups excluding carboxylic acids is 1. The van der Waals surface area contributed by atoms with E-state index in [-0.39, 0.29) is 0 Å². The predicted molar refractivity (Wildman–Crippen MR) is 84.1 cm³/mol. The van der Waals surface area contributed by atoms with E-state index in [9.17, 15) is 4.79 Å². The molecule has 0 aliphatic heterocycles. The Balaban J connectivity index is 2.12. The molecule has 0 spiro atoms. The molecule has 0 amide bonds. The van der Waals surface area contributed by atoms with Gasteiger partial charge in [0.2, 0.25) is 0 Å². The van der Waals surface area contributed by atoms with Crippen LogP contribution < -0.4 is 4.74 Å². The molecule has 0 N–H and O–H groups in total. The Bertz CT molecular complexity index is 852. The first-order chi connectivity index (χ1) is 10.7. The van der Waals surface area contributed by atoms with E-state index in [1.165, 1.54) is 0 Å². The summed E-state index contributed by atoms with van der Waals surface area (Å²) < 4.78 is 5.21. The van der Waals surface area contributed by atoms with Crippen LogP contribution in [0.4, 0.5) is 0 Å². The van der Waals surface area contributed by atoms with Crippen LogP contribution in [0.25, 0.3) is 16.7 Å². The summed E-state index contributed by atoms with van der Waals surface area (Å²) in [6.45, 7) is 5.48. The lowest BCUT2D eigenvalue weighted by Crippen LogP contribution is -2.04. The third kappa shape index (κ3) is 2.48. The summed E-state index contributed by atoms with van der Waals surface area (Å²) in [7, 11) is 0. The van der Waals surface area contributed by atoms with Gasteiger partial charge in [0.05, 0.1) is 5.69 Å². The average molecular weight is 293 g/mol. The van der Waals surface area contributed by atoms with Gasteiger partial charge in [0.15, 0.2) is 11.3 Å². The summed E-state index contributed by atoms with van der Waals surface area (Å²) in [6.07, 6.45) is 2.00. The number of esters is 1. The molecule has 5 nitrogen and oxygen atoms in total. The monoisotopic (exact) mass is 293 g/mol. The van der Waals surface area contributed by atoms with Crippen molar-refractivity contribution in [2.75, 3.05) is 0 Å². The largest absolute Gasteiger partial charge is 0.421 e. The predicted octanol–water partition coefficient (Wildman–Crippen LogP) is 3.07. The maximum absolute atomic E-state index is 11.4. The summed E-state index contributed by atoms with van der Waals surface area (Å²) in [5.74, 6) is -0.140. The summed E-state index contributed by atoms with van der Waals surface area (Å²) in [5, 5.41) is 8.95. The van der Waals surface area contributed by atoms with Gasteiger partial charge in [-0.3, -0.25) is 0 Å². The highest BCUT2D eigenvalue weighted by Gasteiger charge is 2.13. The quantitative estimate of drug-likeness (QED) is 0.421. The molecule has 5 heteroatoms. The van der Waals surface area contributed by atoms with Crippen LogP contribution in [0, 0.1) is 0 Å². The molecule has 0 saturated heterocycles. The molecule has 110 valence electrons. The first kappa shape index (κ1) is 14.0. The van der Waals surface area contributed by atoms with E-state index in [0.29, 0.717) is 16.8 Å². The van der Waals surface area contributed by atoms with Gasteiger partial charge >= 0.3 is 5.97 Å². The molecule has 0 saturated carbocycles. The Morgan fingerprint density at radius 1 is 1.23 bits per heavy atom. The molecule has 0 radical (unpaired) electrons. The maximum atomic E-state index is 11.4. The lowest BCUT2D eigenvalue weighted by Gasteiger charge is -2.05. The fraction of sp³-hybridized carbons (Fsp3) is 0.118. The molecular formula is C17H15N3O2. The van der Waals surface area contributed by atoms with E-state index < -0.39 is 5.97 Å². The fourth-order valence-electron chi connectivity index (χ4n) is 2.26. The van der Waals surface area contributed by atoms with E-state index in [2.05, 4.69) is 23.7 Å². The Hall–Kier alpha value is -2.95. The zero-order valence-corrected chi connectivity index (χ0v) is 12.2. The molecule has 2 aromatic carbocycles. The third-order valence-corrected chi connectivity index (χ3v) is 3.34. The summed E-state index contributed by atoms with van der Waals surface area (Å²) in [5.41, 5.74) is 3.28.